The van der Waals surface area contributed by atoms with E-state index in [1.807, 2.05) is 13.8 Å². The lowest BCUT2D eigenvalue weighted by Gasteiger charge is -2.02. The summed E-state index contributed by atoms with van der Waals surface area (Å²) >= 11 is 0. The molecule has 12 heavy (non-hydrogen) atoms. The van der Waals surface area contributed by atoms with Gasteiger partial charge in [-0.3, -0.25) is 10.1 Å². The van der Waals surface area contributed by atoms with Crippen LogP contribution in [0.2, 0.25) is 0 Å². The van der Waals surface area contributed by atoms with Gasteiger partial charge in [0.2, 0.25) is 5.91 Å². The van der Waals surface area contributed by atoms with Crippen LogP contribution in [0.15, 0.2) is 16.9 Å². The molecule has 0 spiro atoms. The standard InChI is InChI=1S/C8H12N2O2/c1-6(2)5-7(11)10-8-9-3-4-12-8/h3-4,6H,5H2,1-2H3,(H,9,10,11). The fourth-order valence-corrected chi connectivity index (χ4v) is 0.826. The van der Waals surface area contributed by atoms with Gasteiger partial charge in [-0.1, -0.05) is 13.8 Å². The van der Waals surface area contributed by atoms with Crippen LogP contribution in [0.1, 0.15) is 20.3 Å². The zero-order valence-electron chi connectivity index (χ0n) is 7.20. The SMILES string of the molecule is CC(C)CC(=O)Nc1ncco1. The summed E-state index contributed by atoms with van der Waals surface area (Å²) in [7, 11) is 0. The van der Waals surface area contributed by atoms with Gasteiger partial charge in [0.25, 0.3) is 0 Å². The molecule has 0 fully saturated rings. The van der Waals surface area contributed by atoms with E-state index >= 15 is 0 Å². The van der Waals surface area contributed by atoms with E-state index in [1.165, 1.54) is 12.5 Å². The smallest absolute Gasteiger partial charge is 0.301 e. The van der Waals surface area contributed by atoms with Gasteiger partial charge >= 0.3 is 6.01 Å². The topological polar surface area (TPSA) is 55.1 Å². The van der Waals surface area contributed by atoms with Crippen molar-refractivity contribution in [2.45, 2.75) is 20.3 Å². The normalized spacial score (nSPS) is 10.2. The third-order valence-corrected chi connectivity index (χ3v) is 1.27. The van der Waals surface area contributed by atoms with Gasteiger partial charge in [0.05, 0.1) is 6.20 Å². The predicted octanol–water partition coefficient (Wildman–Crippen LogP) is 1.66. The molecule has 1 amide bonds. The van der Waals surface area contributed by atoms with Gasteiger partial charge in [-0.25, -0.2) is 4.98 Å². The van der Waals surface area contributed by atoms with Crippen molar-refractivity contribution in [3.05, 3.63) is 12.5 Å². The summed E-state index contributed by atoms with van der Waals surface area (Å²) in [6, 6.07) is 0.264. The molecule has 0 saturated heterocycles. The number of hydrogen-bond donors (Lipinski definition) is 1. The Morgan fingerprint density at radius 1 is 1.75 bits per heavy atom. The van der Waals surface area contributed by atoms with Crippen LogP contribution < -0.4 is 5.32 Å². The lowest BCUT2D eigenvalue weighted by Crippen LogP contribution is -2.13. The Labute approximate surface area is 71.0 Å². The number of oxazole rings is 1. The Bertz CT molecular complexity index is 242. The molecular formula is C8H12N2O2. The molecule has 0 aliphatic heterocycles. The second-order valence-electron chi connectivity index (χ2n) is 2.98. The molecule has 0 atom stereocenters. The molecule has 1 aromatic heterocycles. The van der Waals surface area contributed by atoms with Crippen LogP contribution >= 0.6 is 0 Å². The Hall–Kier alpha value is -1.32. The maximum atomic E-state index is 11.1. The molecular weight excluding hydrogens is 156 g/mol. The monoisotopic (exact) mass is 168 g/mol. The molecule has 4 nitrogen and oxygen atoms in total. The number of amides is 1. The maximum absolute atomic E-state index is 11.1. The first-order valence-corrected chi connectivity index (χ1v) is 3.88. The molecule has 1 heterocycles. The number of nitrogens with one attached hydrogen (secondary N) is 1. The highest BCUT2D eigenvalue weighted by atomic mass is 16.4. The predicted molar refractivity (Wildman–Crippen MR) is 44.6 cm³/mol. The van der Waals surface area contributed by atoms with Crippen LogP contribution in [0.5, 0.6) is 0 Å². The van der Waals surface area contributed by atoms with Gasteiger partial charge in [0.15, 0.2) is 0 Å². The molecule has 0 unspecified atom stereocenters. The number of carbonyl (C=O) groups excluding carboxylic acids is 1. The quantitative estimate of drug-likeness (QED) is 0.746. The molecule has 0 bridgehead atoms. The van der Waals surface area contributed by atoms with E-state index in [-0.39, 0.29) is 11.9 Å². The average Bonchev–Trinajstić information content (AvgIpc) is 2.37. The van der Waals surface area contributed by atoms with E-state index in [0.29, 0.717) is 12.3 Å². The molecule has 0 aliphatic rings. The summed E-state index contributed by atoms with van der Waals surface area (Å²) in [5, 5.41) is 2.54. The lowest BCUT2D eigenvalue weighted by atomic mass is 10.1. The summed E-state index contributed by atoms with van der Waals surface area (Å²) in [6.07, 6.45) is 3.40. The first-order chi connectivity index (χ1) is 5.68. The van der Waals surface area contributed by atoms with Crippen LogP contribution in [0.3, 0.4) is 0 Å². The molecule has 0 radical (unpaired) electrons. The van der Waals surface area contributed by atoms with Gasteiger partial charge < -0.3 is 4.42 Å². The van der Waals surface area contributed by atoms with Crippen molar-refractivity contribution >= 4 is 11.9 Å². The van der Waals surface area contributed by atoms with Crippen LogP contribution in [0, 0.1) is 5.92 Å². The average molecular weight is 168 g/mol. The van der Waals surface area contributed by atoms with E-state index in [2.05, 4.69) is 10.3 Å². The van der Waals surface area contributed by atoms with E-state index in [0.717, 1.165) is 0 Å². The molecule has 0 saturated carbocycles. The molecule has 1 N–H and O–H groups in total. The van der Waals surface area contributed by atoms with Crippen LogP contribution in [0.4, 0.5) is 6.01 Å². The largest absolute Gasteiger partial charge is 0.432 e. The van der Waals surface area contributed by atoms with Crippen molar-refractivity contribution in [2.75, 3.05) is 5.32 Å². The van der Waals surface area contributed by atoms with Gasteiger partial charge in [-0.15, -0.1) is 0 Å². The van der Waals surface area contributed by atoms with E-state index < -0.39 is 0 Å². The van der Waals surface area contributed by atoms with Crippen molar-refractivity contribution < 1.29 is 9.21 Å². The van der Waals surface area contributed by atoms with Crippen molar-refractivity contribution in [3.8, 4) is 0 Å². The fraction of sp³-hybridized carbons (Fsp3) is 0.500. The third-order valence-electron chi connectivity index (χ3n) is 1.27. The Morgan fingerprint density at radius 3 is 3.00 bits per heavy atom. The summed E-state index contributed by atoms with van der Waals surface area (Å²) in [6.45, 7) is 3.96. The minimum absolute atomic E-state index is 0.0625. The second-order valence-corrected chi connectivity index (χ2v) is 2.98. The van der Waals surface area contributed by atoms with Crippen molar-refractivity contribution in [3.63, 3.8) is 0 Å². The number of carbonyl (C=O) groups is 1. The highest BCUT2D eigenvalue weighted by Crippen LogP contribution is 2.05. The third kappa shape index (κ3) is 2.74. The zero-order chi connectivity index (χ0) is 8.97. The van der Waals surface area contributed by atoms with Crippen LogP contribution in [-0.4, -0.2) is 10.9 Å². The number of rotatable bonds is 3. The minimum Gasteiger partial charge on any atom is -0.432 e. The summed E-state index contributed by atoms with van der Waals surface area (Å²) in [5.74, 6) is 0.285. The van der Waals surface area contributed by atoms with Crippen molar-refractivity contribution in [2.24, 2.45) is 5.92 Å². The zero-order valence-corrected chi connectivity index (χ0v) is 7.20. The fourth-order valence-electron chi connectivity index (χ4n) is 0.826. The van der Waals surface area contributed by atoms with Crippen LogP contribution in [0.25, 0.3) is 0 Å². The molecule has 4 heteroatoms. The first kappa shape index (κ1) is 8.77. The second kappa shape index (κ2) is 3.90. The van der Waals surface area contributed by atoms with E-state index in [4.69, 9.17) is 4.42 Å². The molecule has 66 valence electrons. The number of aromatic nitrogens is 1. The molecule has 0 aromatic carbocycles. The minimum atomic E-state index is -0.0625. The van der Waals surface area contributed by atoms with Gasteiger partial charge in [-0.2, -0.15) is 0 Å². The number of nitrogens with zero attached hydrogens (tertiary/aromatic N) is 1. The van der Waals surface area contributed by atoms with Gasteiger partial charge in [-0.05, 0) is 5.92 Å². The first-order valence-electron chi connectivity index (χ1n) is 3.88. The summed E-state index contributed by atoms with van der Waals surface area (Å²) < 4.78 is 4.84. The molecule has 0 aliphatic carbocycles. The van der Waals surface area contributed by atoms with E-state index in [9.17, 15) is 4.79 Å². The van der Waals surface area contributed by atoms with Gasteiger partial charge in [0.1, 0.15) is 6.26 Å². The Morgan fingerprint density at radius 2 is 2.50 bits per heavy atom. The maximum Gasteiger partial charge on any atom is 0.301 e. The van der Waals surface area contributed by atoms with Crippen LogP contribution in [-0.2, 0) is 4.79 Å². The number of hydrogen-bond acceptors (Lipinski definition) is 3. The van der Waals surface area contributed by atoms with Gasteiger partial charge in [0, 0.05) is 6.42 Å². The highest BCUT2D eigenvalue weighted by Gasteiger charge is 2.06. The van der Waals surface area contributed by atoms with E-state index in [1.54, 1.807) is 0 Å². The Kier molecular flexibility index (Phi) is 2.85. The van der Waals surface area contributed by atoms with Crippen molar-refractivity contribution in [1.82, 2.24) is 4.98 Å². The highest BCUT2D eigenvalue weighted by molar-refractivity contribution is 5.88. The summed E-state index contributed by atoms with van der Waals surface area (Å²) in [5.41, 5.74) is 0. The Balaban J connectivity index is 2.37. The molecule has 1 aromatic rings. The summed E-state index contributed by atoms with van der Waals surface area (Å²) in [4.78, 5) is 14.9. The lowest BCUT2D eigenvalue weighted by molar-refractivity contribution is -0.117. The van der Waals surface area contributed by atoms with Crippen molar-refractivity contribution in [1.29, 1.82) is 0 Å². The molecule has 1 rings (SSSR count). The number of anilines is 1.